The molecule has 0 aliphatic carbocycles. The molecule has 0 fully saturated rings. The van der Waals surface area contributed by atoms with Crippen molar-refractivity contribution in [2.45, 2.75) is 6.42 Å². The van der Waals surface area contributed by atoms with Gasteiger partial charge in [0.25, 0.3) is 0 Å². The Balaban J connectivity index is 2.85. The summed E-state index contributed by atoms with van der Waals surface area (Å²) in [6.45, 7) is 0. The van der Waals surface area contributed by atoms with E-state index in [1.165, 1.54) is 25.6 Å². The smallest absolute Gasteiger partial charge is 0.339 e. The van der Waals surface area contributed by atoms with Crippen molar-refractivity contribution in [3.8, 4) is 11.8 Å². The average molecular weight is 219 g/mol. The first-order chi connectivity index (χ1) is 7.63. The lowest BCUT2D eigenvalue weighted by atomic mass is 10.2. The Morgan fingerprint density at radius 2 is 2.25 bits per heavy atom. The van der Waals surface area contributed by atoms with Crippen LogP contribution in [0.5, 0.6) is 0 Å². The molecule has 0 saturated carbocycles. The Hall–Kier alpha value is -2.35. The lowest BCUT2D eigenvalue weighted by molar-refractivity contribution is -0.135. The van der Waals surface area contributed by atoms with Crippen molar-refractivity contribution in [1.82, 2.24) is 4.98 Å². The van der Waals surface area contributed by atoms with Crippen molar-refractivity contribution >= 4 is 11.9 Å². The summed E-state index contributed by atoms with van der Waals surface area (Å²) in [6, 6.07) is 1.49. The molecule has 1 aromatic rings. The maximum atomic E-state index is 11.1. The molecular formula is C11H9NO4. The fraction of sp³-hybridized carbons (Fsp3) is 0.182. The van der Waals surface area contributed by atoms with E-state index in [0.717, 1.165) is 0 Å². The fourth-order valence-corrected chi connectivity index (χ4v) is 0.960. The number of carboxylic acids is 1. The average Bonchev–Trinajstić information content (AvgIpc) is 2.28. The van der Waals surface area contributed by atoms with E-state index in [4.69, 9.17) is 5.11 Å². The monoisotopic (exact) mass is 219 g/mol. The molecule has 0 amide bonds. The van der Waals surface area contributed by atoms with Crippen LogP contribution < -0.4 is 0 Å². The van der Waals surface area contributed by atoms with Crippen molar-refractivity contribution in [3.05, 3.63) is 29.6 Å². The minimum absolute atomic E-state index is 0.248. The molecule has 1 heterocycles. The van der Waals surface area contributed by atoms with Crippen LogP contribution in [0.3, 0.4) is 0 Å². The highest BCUT2D eigenvalue weighted by Gasteiger charge is 2.05. The zero-order valence-electron chi connectivity index (χ0n) is 8.56. The highest BCUT2D eigenvalue weighted by atomic mass is 16.5. The van der Waals surface area contributed by atoms with Crippen molar-refractivity contribution in [2.24, 2.45) is 0 Å². The number of aromatic nitrogens is 1. The van der Waals surface area contributed by atoms with Crippen molar-refractivity contribution in [2.75, 3.05) is 7.11 Å². The van der Waals surface area contributed by atoms with E-state index in [2.05, 4.69) is 21.6 Å². The first-order valence-corrected chi connectivity index (χ1v) is 4.37. The van der Waals surface area contributed by atoms with Crippen LogP contribution in [0, 0.1) is 11.8 Å². The highest BCUT2D eigenvalue weighted by Crippen LogP contribution is 2.02. The van der Waals surface area contributed by atoms with Gasteiger partial charge < -0.3 is 9.84 Å². The quantitative estimate of drug-likeness (QED) is 0.585. The van der Waals surface area contributed by atoms with Gasteiger partial charge in [-0.05, 0) is 6.07 Å². The maximum absolute atomic E-state index is 11.1. The molecule has 1 aromatic heterocycles. The lowest BCUT2D eigenvalue weighted by Crippen LogP contribution is -2.01. The Labute approximate surface area is 92.1 Å². The predicted molar refractivity (Wildman–Crippen MR) is 54.7 cm³/mol. The second-order valence-corrected chi connectivity index (χ2v) is 2.83. The summed E-state index contributed by atoms with van der Waals surface area (Å²) in [6.07, 6.45) is 2.55. The van der Waals surface area contributed by atoms with Gasteiger partial charge in [-0.3, -0.25) is 9.78 Å². The molecule has 0 spiro atoms. The highest BCUT2D eigenvalue weighted by molar-refractivity contribution is 5.89. The lowest BCUT2D eigenvalue weighted by Gasteiger charge is -1.97. The van der Waals surface area contributed by atoms with Gasteiger partial charge in [-0.2, -0.15) is 0 Å². The first kappa shape index (κ1) is 11.7. The number of pyridine rings is 1. The standard InChI is InChI=1S/C11H9NO4/c1-16-11(15)9-5-8(6-12-7-9)3-2-4-10(13)14/h5-7H,4H2,1H3,(H,13,14). The van der Waals surface area contributed by atoms with Crippen LogP contribution in [-0.4, -0.2) is 29.1 Å². The number of carbonyl (C=O) groups is 2. The van der Waals surface area contributed by atoms with Crippen LogP contribution in [0.4, 0.5) is 0 Å². The van der Waals surface area contributed by atoms with Crippen LogP contribution in [-0.2, 0) is 9.53 Å². The van der Waals surface area contributed by atoms with Gasteiger partial charge in [0.05, 0.1) is 12.7 Å². The van der Waals surface area contributed by atoms with Gasteiger partial charge in [-0.25, -0.2) is 4.79 Å². The molecule has 5 nitrogen and oxygen atoms in total. The molecule has 0 aliphatic rings. The number of hydrogen-bond acceptors (Lipinski definition) is 4. The minimum Gasteiger partial charge on any atom is -0.481 e. The third kappa shape index (κ3) is 3.42. The molecule has 16 heavy (non-hydrogen) atoms. The van der Waals surface area contributed by atoms with Gasteiger partial charge in [-0.1, -0.05) is 11.8 Å². The fourth-order valence-electron chi connectivity index (χ4n) is 0.960. The third-order valence-corrected chi connectivity index (χ3v) is 1.63. The Morgan fingerprint density at radius 1 is 1.50 bits per heavy atom. The number of carboxylic acid groups (broad SMARTS) is 1. The molecule has 82 valence electrons. The molecule has 1 rings (SSSR count). The Morgan fingerprint density at radius 3 is 2.88 bits per heavy atom. The molecule has 0 unspecified atom stereocenters. The Kier molecular flexibility index (Phi) is 4.04. The molecule has 0 atom stereocenters. The first-order valence-electron chi connectivity index (χ1n) is 4.37. The van der Waals surface area contributed by atoms with E-state index in [-0.39, 0.29) is 12.0 Å². The molecule has 0 aromatic carbocycles. The van der Waals surface area contributed by atoms with Gasteiger partial charge in [0.15, 0.2) is 0 Å². The number of esters is 1. The summed E-state index contributed by atoms with van der Waals surface area (Å²) in [5, 5.41) is 8.38. The number of carbonyl (C=O) groups excluding carboxylic acids is 1. The summed E-state index contributed by atoms with van der Waals surface area (Å²) in [5.74, 6) is 3.54. The van der Waals surface area contributed by atoms with Crippen molar-refractivity contribution < 1.29 is 19.4 Å². The van der Waals surface area contributed by atoms with Crippen LogP contribution in [0.2, 0.25) is 0 Å². The summed E-state index contributed by atoms with van der Waals surface area (Å²) < 4.78 is 4.51. The van der Waals surface area contributed by atoms with E-state index in [1.54, 1.807) is 0 Å². The van der Waals surface area contributed by atoms with Crippen molar-refractivity contribution in [1.29, 1.82) is 0 Å². The zero-order chi connectivity index (χ0) is 12.0. The van der Waals surface area contributed by atoms with E-state index in [1.807, 2.05) is 0 Å². The maximum Gasteiger partial charge on any atom is 0.339 e. The number of rotatable bonds is 2. The minimum atomic E-state index is -0.996. The van der Waals surface area contributed by atoms with Gasteiger partial charge >= 0.3 is 11.9 Å². The summed E-state index contributed by atoms with van der Waals surface area (Å²) in [5.41, 5.74) is 0.758. The Bertz CT molecular complexity index is 470. The van der Waals surface area contributed by atoms with Gasteiger partial charge in [-0.15, -0.1) is 0 Å². The number of aliphatic carboxylic acids is 1. The van der Waals surface area contributed by atoms with E-state index in [0.29, 0.717) is 5.56 Å². The normalized spacial score (nSPS) is 8.81. The summed E-state index contributed by atoms with van der Waals surface area (Å²) in [4.78, 5) is 25.2. The zero-order valence-corrected chi connectivity index (χ0v) is 8.56. The van der Waals surface area contributed by atoms with Gasteiger partial charge in [0.2, 0.25) is 0 Å². The third-order valence-electron chi connectivity index (χ3n) is 1.63. The largest absolute Gasteiger partial charge is 0.481 e. The number of methoxy groups -OCH3 is 1. The van der Waals surface area contributed by atoms with Crippen LogP contribution in [0.25, 0.3) is 0 Å². The number of ether oxygens (including phenoxy) is 1. The van der Waals surface area contributed by atoms with Crippen LogP contribution >= 0.6 is 0 Å². The second-order valence-electron chi connectivity index (χ2n) is 2.83. The molecule has 0 aliphatic heterocycles. The van der Waals surface area contributed by atoms with Gasteiger partial charge in [0.1, 0.15) is 6.42 Å². The topological polar surface area (TPSA) is 76.5 Å². The number of hydrogen-bond donors (Lipinski definition) is 1. The number of nitrogens with zero attached hydrogens (tertiary/aromatic N) is 1. The van der Waals surface area contributed by atoms with Crippen LogP contribution in [0.1, 0.15) is 22.3 Å². The van der Waals surface area contributed by atoms with Gasteiger partial charge in [0, 0.05) is 18.0 Å². The van der Waals surface area contributed by atoms with Crippen LogP contribution in [0.15, 0.2) is 18.5 Å². The predicted octanol–water partition coefficient (Wildman–Crippen LogP) is 0.694. The van der Waals surface area contributed by atoms with E-state index in [9.17, 15) is 9.59 Å². The molecule has 5 heteroatoms. The van der Waals surface area contributed by atoms with E-state index >= 15 is 0 Å². The molecular weight excluding hydrogens is 210 g/mol. The SMILES string of the molecule is COC(=O)c1cncc(C#CCC(=O)O)c1. The van der Waals surface area contributed by atoms with E-state index < -0.39 is 11.9 Å². The molecule has 1 N–H and O–H groups in total. The van der Waals surface area contributed by atoms with Crippen molar-refractivity contribution in [3.63, 3.8) is 0 Å². The molecule has 0 radical (unpaired) electrons. The molecule has 0 saturated heterocycles. The summed E-state index contributed by atoms with van der Waals surface area (Å²) >= 11 is 0. The molecule has 0 bridgehead atoms. The summed E-state index contributed by atoms with van der Waals surface area (Å²) in [7, 11) is 1.27. The second kappa shape index (κ2) is 5.51.